The van der Waals surface area contributed by atoms with E-state index in [0.717, 1.165) is 5.56 Å². The Labute approximate surface area is 258 Å². The number of aliphatic hydroxyl groups excluding tert-OH is 1. The number of thiophene rings is 1. The Kier molecular flexibility index (Phi) is 9.20. The average molecular weight is 649 g/mol. The molecule has 3 heterocycles. The summed E-state index contributed by atoms with van der Waals surface area (Å²) >= 11 is 16.1. The van der Waals surface area contributed by atoms with Crippen molar-refractivity contribution >= 4 is 74.5 Å². The molecular weight excluding hydrogens is 625 g/mol. The summed E-state index contributed by atoms with van der Waals surface area (Å²) in [6.07, 6.45) is 0. The Morgan fingerprint density at radius 2 is 1.85 bits per heavy atom. The molecule has 4 aromatic rings. The minimum absolute atomic E-state index is 0.0404. The van der Waals surface area contributed by atoms with E-state index in [-0.39, 0.29) is 10.7 Å². The molecule has 13 heteroatoms. The van der Waals surface area contributed by atoms with Crippen molar-refractivity contribution in [3.8, 4) is 11.5 Å². The number of aromatic nitrogens is 2. The number of amides is 1. The van der Waals surface area contributed by atoms with Gasteiger partial charge in [-0.25, -0.2) is 0 Å². The normalized spacial score (nSPS) is 15.1. The van der Waals surface area contributed by atoms with Gasteiger partial charge in [0, 0.05) is 15.8 Å². The molecule has 0 fully saturated rings. The molecule has 5 rings (SSSR count). The van der Waals surface area contributed by atoms with E-state index in [1.165, 1.54) is 39.3 Å². The number of anilines is 1. The maximum Gasteiger partial charge on any atom is 0.296 e. The molecule has 0 radical (unpaired) electrons. The molecule has 2 aromatic heterocycles. The van der Waals surface area contributed by atoms with Gasteiger partial charge in [-0.3, -0.25) is 14.5 Å². The zero-order valence-corrected chi connectivity index (χ0v) is 25.8. The molecule has 41 heavy (non-hydrogen) atoms. The summed E-state index contributed by atoms with van der Waals surface area (Å²) < 4.78 is 12.1. The Balaban J connectivity index is 1.52. The fourth-order valence-electron chi connectivity index (χ4n) is 4.26. The SMILES string of the molecule is CCOc1ccc(C2C(C(=O)c3cccs3)=C(O)C(=O)N2c2nnc(SCc3ccc(Cl)cc3Cl)s2)cc1OCC. The van der Waals surface area contributed by atoms with Crippen LogP contribution in [0.4, 0.5) is 5.13 Å². The third-order valence-electron chi connectivity index (χ3n) is 6.05. The highest BCUT2D eigenvalue weighted by molar-refractivity contribution is 8.00. The van der Waals surface area contributed by atoms with Crippen molar-refractivity contribution in [2.24, 2.45) is 0 Å². The first-order valence-electron chi connectivity index (χ1n) is 12.5. The standard InChI is InChI=1S/C28H23Cl2N3O5S3/c1-3-37-19-10-8-15(12-20(19)38-4-2)23-22(24(34)21-6-5-11-39-21)25(35)26(36)33(23)27-31-32-28(41-27)40-14-16-7-9-17(29)13-18(16)30/h5-13,23,35H,3-4,14H2,1-2H3. The van der Waals surface area contributed by atoms with Crippen molar-refractivity contribution in [1.29, 1.82) is 0 Å². The number of Topliss-reactive ketones (excluding diaryl/α,β-unsaturated/α-hetero) is 1. The first-order valence-corrected chi connectivity index (χ1v) is 15.9. The number of aliphatic hydroxyl groups is 1. The van der Waals surface area contributed by atoms with Gasteiger partial charge in [0.15, 0.2) is 21.6 Å². The Morgan fingerprint density at radius 3 is 2.56 bits per heavy atom. The van der Waals surface area contributed by atoms with Crippen molar-refractivity contribution in [2.45, 2.75) is 30.0 Å². The van der Waals surface area contributed by atoms with Crippen LogP contribution in [0, 0.1) is 0 Å². The second kappa shape index (κ2) is 12.8. The summed E-state index contributed by atoms with van der Waals surface area (Å²) in [4.78, 5) is 28.9. The van der Waals surface area contributed by atoms with Crippen molar-refractivity contribution < 1.29 is 24.2 Å². The van der Waals surface area contributed by atoms with Crippen molar-refractivity contribution in [3.63, 3.8) is 0 Å². The van der Waals surface area contributed by atoms with Crippen molar-refractivity contribution in [3.05, 3.63) is 91.3 Å². The number of ether oxygens (including phenoxy) is 2. The smallest absolute Gasteiger partial charge is 0.296 e. The fourth-order valence-corrected chi connectivity index (χ4v) is 7.37. The lowest BCUT2D eigenvalue weighted by Gasteiger charge is -2.25. The fraction of sp³-hybridized carbons (Fsp3) is 0.214. The third-order valence-corrected chi connectivity index (χ3v) is 9.61. The zero-order valence-electron chi connectivity index (χ0n) is 21.8. The van der Waals surface area contributed by atoms with Crippen LogP contribution in [0.1, 0.15) is 40.7 Å². The van der Waals surface area contributed by atoms with Crippen molar-refractivity contribution in [1.82, 2.24) is 10.2 Å². The maximum absolute atomic E-state index is 13.6. The summed E-state index contributed by atoms with van der Waals surface area (Å²) in [5, 5.41) is 22.7. The number of benzene rings is 2. The molecule has 2 aromatic carbocycles. The van der Waals surface area contributed by atoms with Gasteiger partial charge in [-0.05, 0) is 60.7 Å². The van der Waals surface area contributed by atoms with E-state index in [9.17, 15) is 14.7 Å². The lowest BCUT2D eigenvalue weighted by molar-refractivity contribution is -0.117. The van der Waals surface area contributed by atoms with Gasteiger partial charge in [0.2, 0.25) is 10.9 Å². The Hall–Kier alpha value is -3.09. The monoisotopic (exact) mass is 647 g/mol. The molecule has 212 valence electrons. The summed E-state index contributed by atoms with van der Waals surface area (Å²) in [5.74, 6) is -0.315. The zero-order chi connectivity index (χ0) is 29.1. The van der Waals surface area contributed by atoms with Crippen LogP contribution in [0.2, 0.25) is 10.0 Å². The number of hydrogen-bond donors (Lipinski definition) is 1. The van der Waals surface area contributed by atoms with Gasteiger partial charge in [0.05, 0.1) is 29.7 Å². The highest BCUT2D eigenvalue weighted by Gasteiger charge is 2.46. The molecule has 0 saturated heterocycles. The van der Waals surface area contributed by atoms with E-state index in [1.54, 1.807) is 47.8 Å². The highest BCUT2D eigenvalue weighted by atomic mass is 35.5. The van der Waals surface area contributed by atoms with Gasteiger partial charge in [0.1, 0.15) is 0 Å². The van der Waals surface area contributed by atoms with Crippen LogP contribution in [0.3, 0.4) is 0 Å². The predicted octanol–water partition coefficient (Wildman–Crippen LogP) is 7.78. The summed E-state index contributed by atoms with van der Waals surface area (Å²) in [6, 6.07) is 12.9. The summed E-state index contributed by atoms with van der Waals surface area (Å²) in [7, 11) is 0. The minimum atomic E-state index is -0.969. The van der Waals surface area contributed by atoms with E-state index in [1.807, 2.05) is 19.9 Å². The van der Waals surface area contributed by atoms with Gasteiger partial charge in [-0.1, -0.05) is 64.5 Å². The Morgan fingerprint density at radius 1 is 1.07 bits per heavy atom. The van der Waals surface area contributed by atoms with Crippen LogP contribution in [0.25, 0.3) is 0 Å². The van der Waals surface area contributed by atoms with Crippen LogP contribution in [0.15, 0.2) is 69.6 Å². The van der Waals surface area contributed by atoms with Gasteiger partial charge < -0.3 is 14.6 Å². The highest BCUT2D eigenvalue weighted by Crippen LogP contribution is 2.46. The number of nitrogens with zero attached hydrogens (tertiary/aromatic N) is 3. The van der Waals surface area contributed by atoms with Crippen LogP contribution >= 0.6 is 57.6 Å². The second-order valence-corrected chi connectivity index (χ2v) is 12.6. The number of rotatable bonds is 11. The minimum Gasteiger partial charge on any atom is -0.503 e. The number of carbonyl (C=O) groups is 2. The first-order chi connectivity index (χ1) is 19.8. The molecule has 1 aliphatic rings. The molecule has 0 aliphatic carbocycles. The lowest BCUT2D eigenvalue weighted by atomic mass is 9.95. The number of hydrogen-bond acceptors (Lipinski definition) is 10. The summed E-state index contributed by atoms with van der Waals surface area (Å²) in [6.45, 7) is 4.53. The molecule has 1 amide bonds. The molecule has 1 atom stereocenters. The molecule has 0 saturated carbocycles. The number of ketones is 1. The van der Waals surface area contributed by atoms with Crippen LogP contribution in [-0.4, -0.2) is 40.2 Å². The third kappa shape index (κ3) is 6.09. The molecule has 1 N–H and O–H groups in total. The van der Waals surface area contributed by atoms with E-state index < -0.39 is 23.5 Å². The molecule has 1 aliphatic heterocycles. The molecule has 1 unspecified atom stereocenters. The van der Waals surface area contributed by atoms with E-state index in [4.69, 9.17) is 32.7 Å². The predicted molar refractivity (Wildman–Crippen MR) is 163 cm³/mol. The first kappa shape index (κ1) is 29.4. The van der Waals surface area contributed by atoms with E-state index in [2.05, 4.69) is 10.2 Å². The maximum atomic E-state index is 13.6. The van der Waals surface area contributed by atoms with E-state index >= 15 is 0 Å². The van der Waals surface area contributed by atoms with Gasteiger partial charge in [-0.15, -0.1) is 21.5 Å². The lowest BCUT2D eigenvalue weighted by Crippen LogP contribution is -2.31. The Bertz CT molecular complexity index is 1620. The van der Waals surface area contributed by atoms with E-state index in [0.29, 0.717) is 55.3 Å². The van der Waals surface area contributed by atoms with Gasteiger partial charge in [0.25, 0.3) is 5.91 Å². The second-order valence-electron chi connectivity index (χ2n) is 8.59. The largest absolute Gasteiger partial charge is 0.503 e. The topological polar surface area (TPSA) is 102 Å². The van der Waals surface area contributed by atoms with Crippen LogP contribution in [0.5, 0.6) is 11.5 Å². The number of carbonyl (C=O) groups excluding carboxylic acids is 2. The number of thioether (sulfide) groups is 1. The molecular formula is C28H23Cl2N3O5S3. The molecule has 8 nitrogen and oxygen atoms in total. The van der Waals surface area contributed by atoms with Gasteiger partial charge in [-0.2, -0.15) is 0 Å². The average Bonchev–Trinajstić information content (AvgIpc) is 3.70. The quantitative estimate of drug-likeness (QED) is 0.100. The summed E-state index contributed by atoms with van der Waals surface area (Å²) in [5.41, 5.74) is 1.38. The molecule has 0 spiro atoms. The number of halogens is 2. The van der Waals surface area contributed by atoms with Crippen LogP contribution < -0.4 is 14.4 Å². The van der Waals surface area contributed by atoms with Crippen molar-refractivity contribution in [2.75, 3.05) is 18.1 Å². The van der Waals surface area contributed by atoms with Gasteiger partial charge >= 0.3 is 0 Å². The van der Waals surface area contributed by atoms with Crippen LogP contribution in [-0.2, 0) is 10.5 Å². The molecule has 0 bridgehead atoms.